The average Bonchev–Trinajstić information content (AvgIpc) is 2.70. The maximum absolute atomic E-state index is 13.0. The van der Waals surface area contributed by atoms with Crippen molar-refractivity contribution in [3.05, 3.63) is 29.8 Å². The van der Waals surface area contributed by atoms with Gasteiger partial charge in [0.15, 0.2) is 0 Å². The average molecular weight is 503 g/mol. The van der Waals surface area contributed by atoms with Gasteiger partial charge in [0.05, 0.1) is 5.75 Å². The Balaban J connectivity index is 1.16. The van der Waals surface area contributed by atoms with Crippen molar-refractivity contribution in [2.75, 3.05) is 24.2 Å². The Hall–Kier alpha value is -2.13. The first-order valence-electron chi connectivity index (χ1n) is 12.8. The molecule has 6 rings (SSSR count). The van der Waals surface area contributed by atoms with Crippen molar-refractivity contribution in [3.63, 3.8) is 0 Å². The molecule has 192 valence electrons. The van der Waals surface area contributed by atoms with E-state index in [9.17, 15) is 18.0 Å². The highest BCUT2D eigenvalue weighted by Gasteiger charge is 2.60. The number of piperidine rings is 1. The standard InChI is InChI=1S/C26H38N4O4S/c1-24-11-19-12-25(2,15-24)17-26(13-19,16-24)29-23(32)28-21-5-3-20(4-6-21)22(31)30-9-7-18(8-10-30)14-35(27,33)34/h3-6,18-19H,7-17H2,1-2H3,(H2,27,33,34)(H2,28,29,32)/t19?,24-,25+,26?. The van der Waals surface area contributed by atoms with Crippen LogP contribution in [0.3, 0.4) is 0 Å². The zero-order valence-corrected chi connectivity index (χ0v) is 21.6. The summed E-state index contributed by atoms with van der Waals surface area (Å²) < 4.78 is 22.6. The summed E-state index contributed by atoms with van der Waals surface area (Å²) in [6.07, 6.45) is 8.28. The van der Waals surface area contributed by atoms with Gasteiger partial charge in [0.1, 0.15) is 0 Å². The largest absolute Gasteiger partial charge is 0.339 e. The summed E-state index contributed by atoms with van der Waals surface area (Å²) >= 11 is 0. The Bertz CT molecular complexity index is 1090. The predicted octanol–water partition coefficient (Wildman–Crippen LogP) is 3.70. The number of likely N-dealkylation sites (tertiary alicyclic amines) is 1. The number of primary sulfonamides is 1. The lowest BCUT2D eigenvalue weighted by Crippen LogP contribution is -2.65. The SMILES string of the molecule is C[C@]12CC3CC(NC(=O)Nc4ccc(C(=O)N5CCC(CS(N)(=O)=O)CC5)cc4)(C1)C[C@@](C)(C3)C2. The fourth-order valence-electron chi connectivity index (χ4n) is 8.50. The number of urea groups is 1. The summed E-state index contributed by atoms with van der Waals surface area (Å²) in [6, 6.07) is 6.84. The molecular weight excluding hydrogens is 464 g/mol. The van der Waals surface area contributed by atoms with Crippen molar-refractivity contribution in [1.29, 1.82) is 0 Å². The summed E-state index contributed by atoms with van der Waals surface area (Å²) in [6.45, 7) is 5.81. The first-order chi connectivity index (χ1) is 16.3. The highest BCUT2D eigenvalue weighted by atomic mass is 32.2. The van der Waals surface area contributed by atoms with E-state index in [1.54, 1.807) is 29.2 Å². The molecular formula is C26H38N4O4S. The van der Waals surface area contributed by atoms with Crippen LogP contribution >= 0.6 is 0 Å². The summed E-state index contributed by atoms with van der Waals surface area (Å²) in [4.78, 5) is 27.6. The molecule has 0 radical (unpaired) electrons. The first-order valence-corrected chi connectivity index (χ1v) is 14.5. The predicted molar refractivity (Wildman–Crippen MR) is 135 cm³/mol. The third-order valence-corrected chi connectivity index (χ3v) is 9.70. The highest BCUT2D eigenvalue weighted by Crippen LogP contribution is 2.66. The number of amides is 3. The number of carbonyl (C=O) groups excluding carboxylic acids is 2. The lowest BCUT2D eigenvalue weighted by Gasteiger charge is -2.65. The van der Waals surface area contributed by atoms with Crippen LogP contribution in [0, 0.1) is 22.7 Å². The van der Waals surface area contributed by atoms with Gasteiger partial charge in [-0.15, -0.1) is 0 Å². The molecule has 5 aliphatic rings. The number of hydrogen-bond acceptors (Lipinski definition) is 4. The van der Waals surface area contributed by atoms with Gasteiger partial charge in [-0.1, -0.05) is 13.8 Å². The molecule has 1 aromatic rings. The van der Waals surface area contributed by atoms with Crippen molar-refractivity contribution in [1.82, 2.24) is 10.2 Å². The molecule has 3 amide bonds. The summed E-state index contributed by atoms with van der Waals surface area (Å²) in [5.74, 6) is 0.595. The van der Waals surface area contributed by atoms with Crippen LogP contribution in [0.4, 0.5) is 10.5 Å². The third-order valence-electron chi connectivity index (χ3n) is 8.76. The van der Waals surface area contributed by atoms with Crippen LogP contribution in [0.15, 0.2) is 24.3 Å². The molecule has 5 fully saturated rings. The van der Waals surface area contributed by atoms with E-state index < -0.39 is 10.0 Å². The number of nitrogens with one attached hydrogen (secondary N) is 2. The summed E-state index contributed by atoms with van der Waals surface area (Å²) in [7, 11) is -3.49. The number of benzene rings is 1. The van der Waals surface area contributed by atoms with Gasteiger partial charge in [-0.05, 0) is 98.3 Å². The molecule has 9 heteroatoms. The van der Waals surface area contributed by atoms with E-state index in [1.165, 1.54) is 19.3 Å². The van der Waals surface area contributed by atoms with Gasteiger partial charge in [-0.3, -0.25) is 4.79 Å². The maximum atomic E-state index is 13.0. The smallest absolute Gasteiger partial charge is 0.319 e. The molecule has 2 unspecified atom stereocenters. The Labute approximate surface area is 208 Å². The van der Waals surface area contributed by atoms with E-state index in [0.29, 0.717) is 53.9 Å². The number of sulfonamides is 1. The van der Waals surface area contributed by atoms with Gasteiger partial charge in [0.2, 0.25) is 10.0 Å². The molecule has 1 heterocycles. The zero-order chi connectivity index (χ0) is 25.1. The Morgan fingerprint density at radius 2 is 1.60 bits per heavy atom. The Morgan fingerprint density at radius 1 is 1.00 bits per heavy atom. The van der Waals surface area contributed by atoms with Gasteiger partial charge in [0, 0.05) is 29.9 Å². The van der Waals surface area contributed by atoms with Gasteiger partial charge >= 0.3 is 6.03 Å². The van der Waals surface area contributed by atoms with Crippen LogP contribution in [0.25, 0.3) is 0 Å². The van der Waals surface area contributed by atoms with Crippen molar-refractivity contribution in [3.8, 4) is 0 Å². The van der Waals surface area contributed by atoms with E-state index in [2.05, 4.69) is 24.5 Å². The minimum absolute atomic E-state index is 0.00159. The monoisotopic (exact) mass is 502 g/mol. The minimum Gasteiger partial charge on any atom is -0.339 e. The number of nitrogens with zero attached hydrogens (tertiary/aromatic N) is 1. The van der Waals surface area contributed by atoms with E-state index in [4.69, 9.17) is 5.14 Å². The Morgan fingerprint density at radius 3 is 2.14 bits per heavy atom. The third kappa shape index (κ3) is 5.35. The lowest BCUT2D eigenvalue weighted by atomic mass is 9.43. The Kier molecular flexibility index (Phi) is 5.95. The lowest BCUT2D eigenvalue weighted by molar-refractivity contribution is -0.113. The summed E-state index contributed by atoms with van der Waals surface area (Å²) in [5, 5.41) is 11.5. The second-order valence-corrected chi connectivity index (χ2v) is 14.3. The van der Waals surface area contributed by atoms with Crippen LogP contribution in [0.5, 0.6) is 0 Å². The molecule has 35 heavy (non-hydrogen) atoms. The minimum atomic E-state index is -3.49. The van der Waals surface area contributed by atoms with Crippen LogP contribution in [0.2, 0.25) is 0 Å². The van der Waals surface area contributed by atoms with Gasteiger partial charge < -0.3 is 15.5 Å². The second-order valence-electron chi connectivity index (χ2n) is 12.6. The molecule has 1 saturated heterocycles. The molecule has 0 aromatic heterocycles. The van der Waals surface area contributed by atoms with E-state index in [-0.39, 0.29) is 29.1 Å². The normalized spacial score (nSPS) is 34.6. The molecule has 8 nitrogen and oxygen atoms in total. The van der Waals surface area contributed by atoms with Crippen LogP contribution < -0.4 is 15.8 Å². The molecule has 1 aromatic carbocycles. The van der Waals surface area contributed by atoms with Crippen molar-refractivity contribution in [2.24, 2.45) is 27.8 Å². The molecule has 4 bridgehead atoms. The number of carbonyl (C=O) groups is 2. The van der Waals surface area contributed by atoms with Crippen LogP contribution in [0.1, 0.15) is 75.6 Å². The van der Waals surface area contributed by atoms with Crippen LogP contribution in [-0.2, 0) is 10.0 Å². The van der Waals surface area contributed by atoms with Crippen molar-refractivity contribution >= 4 is 27.6 Å². The fraction of sp³-hybridized carbons (Fsp3) is 0.692. The molecule has 4 saturated carbocycles. The first kappa shape index (κ1) is 24.6. The van der Waals surface area contributed by atoms with E-state index in [0.717, 1.165) is 19.3 Å². The molecule has 4 atom stereocenters. The van der Waals surface area contributed by atoms with Gasteiger partial charge in [0.25, 0.3) is 5.91 Å². The zero-order valence-electron chi connectivity index (χ0n) is 20.8. The molecule has 0 spiro atoms. The van der Waals surface area contributed by atoms with Crippen molar-refractivity contribution < 1.29 is 18.0 Å². The maximum Gasteiger partial charge on any atom is 0.319 e. The topological polar surface area (TPSA) is 122 Å². The fourth-order valence-corrected chi connectivity index (χ4v) is 9.49. The van der Waals surface area contributed by atoms with Gasteiger partial charge in [-0.25, -0.2) is 18.4 Å². The number of rotatable bonds is 5. The van der Waals surface area contributed by atoms with Crippen molar-refractivity contribution in [2.45, 2.75) is 70.8 Å². The quantitative estimate of drug-likeness (QED) is 0.568. The molecule has 1 aliphatic heterocycles. The van der Waals surface area contributed by atoms with E-state index >= 15 is 0 Å². The number of anilines is 1. The molecule has 4 N–H and O–H groups in total. The second kappa shape index (κ2) is 8.47. The van der Waals surface area contributed by atoms with E-state index in [1.807, 2.05) is 0 Å². The number of nitrogens with two attached hydrogens (primary N) is 1. The van der Waals surface area contributed by atoms with Crippen LogP contribution in [-0.4, -0.2) is 49.6 Å². The van der Waals surface area contributed by atoms with Gasteiger partial charge in [-0.2, -0.15) is 0 Å². The molecule has 4 aliphatic carbocycles. The summed E-state index contributed by atoms with van der Waals surface area (Å²) in [5.41, 5.74) is 1.77. The number of hydrogen-bond donors (Lipinski definition) is 3. The highest BCUT2D eigenvalue weighted by molar-refractivity contribution is 7.89.